The smallest absolute Gasteiger partial charge is 0.257 e. The van der Waals surface area contributed by atoms with Crippen molar-refractivity contribution in [1.82, 2.24) is 29.6 Å². The number of amides is 1. The Morgan fingerprint density at radius 3 is 2.53 bits per heavy atom. The Morgan fingerprint density at radius 2 is 1.79 bits per heavy atom. The lowest BCUT2D eigenvalue weighted by Gasteiger charge is -2.37. The van der Waals surface area contributed by atoms with Crippen molar-refractivity contribution in [2.24, 2.45) is 7.05 Å². The van der Waals surface area contributed by atoms with Gasteiger partial charge in [-0.25, -0.2) is 9.97 Å². The Kier molecular flexibility index (Phi) is 5.93. The SMILES string of the molecule is CC(C)N1CCN(c2cc(C(=O)Nc3cc4cc(-c5cnn(C)c5)cnc4cn3)ccn2)CC1. The Labute approximate surface area is 198 Å². The first-order valence-electron chi connectivity index (χ1n) is 11.5. The summed E-state index contributed by atoms with van der Waals surface area (Å²) in [5, 5.41) is 8.03. The summed E-state index contributed by atoms with van der Waals surface area (Å²) in [6.45, 7) is 8.21. The van der Waals surface area contributed by atoms with Gasteiger partial charge < -0.3 is 10.2 Å². The number of fused-ring (bicyclic) bond motifs is 1. The third-order valence-electron chi connectivity index (χ3n) is 6.22. The molecule has 0 aliphatic carbocycles. The van der Waals surface area contributed by atoms with Gasteiger partial charge in [0.25, 0.3) is 5.91 Å². The van der Waals surface area contributed by atoms with E-state index in [4.69, 9.17) is 0 Å². The van der Waals surface area contributed by atoms with Gasteiger partial charge in [0.05, 0.1) is 17.9 Å². The van der Waals surface area contributed by atoms with Gasteiger partial charge in [0.1, 0.15) is 11.6 Å². The maximum atomic E-state index is 13.0. The Balaban J connectivity index is 1.32. The molecule has 4 aromatic rings. The van der Waals surface area contributed by atoms with E-state index in [-0.39, 0.29) is 5.91 Å². The van der Waals surface area contributed by atoms with E-state index in [1.54, 1.807) is 35.5 Å². The molecule has 1 aliphatic rings. The van der Waals surface area contributed by atoms with Crippen LogP contribution in [0.5, 0.6) is 0 Å². The number of piperazine rings is 1. The van der Waals surface area contributed by atoms with Gasteiger partial charge in [-0.2, -0.15) is 5.10 Å². The van der Waals surface area contributed by atoms with E-state index >= 15 is 0 Å². The number of carbonyl (C=O) groups is 1. The van der Waals surface area contributed by atoms with Crippen molar-refractivity contribution in [3.05, 3.63) is 60.8 Å². The van der Waals surface area contributed by atoms with Gasteiger partial charge in [0.2, 0.25) is 0 Å². The number of hydrogen-bond acceptors (Lipinski definition) is 7. The van der Waals surface area contributed by atoms with Crippen molar-refractivity contribution in [1.29, 1.82) is 0 Å². The van der Waals surface area contributed by atoms with Crippen LogP contribution in [0.25, 0.3) is 22.0 Å². The minimum absolute atomic E-state index is 0.215. The van der Waals surface area contributed by atoms with Crippen molar-refractivity contribution in [3.63, 3.8) is 0 Å². The molecule has 0 spiro atoms. The molecule has 0 unspecified atom stereocenters. The average molecular weight is 457 g/mol. The first-order valence-corrected chi connectivity index (χ1v) is 11.5. The molecular weight excluding hydrogens is 428 g/mol. The van der Waals surface area contributed by atoms with Gasteiger partial charge >= 0.3 is 0 Å². The molecule has 9 nitrogen and oxygen atoms in total. The van der Waals surface area contributed by atoms with Crippen LogP contribution in [0.1, 0.15) is 24.2 Å². The van der Waals surface area contributed by atoms with Crippen LogP contribution >= 0.6 is 0 Å². The normalized spacial score (nSPS) is 14.6. The maximum absolute atomic E-state index is 13.0. The number of aromatic nitrogens is 5. The molecule has 4 aromatic heterocycles. The van der Waals surface area contributed by atoms with Crippen LogP contribution in [0.3, 0.4) is 0 Å². The number of aryl methyl sites for hydroxylation is 1. The zero-order valence-electron chi connectivity index (χ0n) is 19.6. The van der Waals surface area contributed by atoms with E-state index in [1.807, 2.05) is 31.4 Å². The summed E-state index contributed by atoms with van der Waals surface area (Å²) in [6, 6.07) is 7.98. The molecule has 5 heterocycles. The Hall–Kier alpha value is -3.85. The van der Waals surface area contributed by atoms with E-state index in [0.29, 0.717) is 17.4 Å². The highest BCUT2D eigenvalue weighted by Crippen LogP contribution is 2.24. The second kappa shape index (κ2) is 9.18. The molecule has 1 fully saturated rings. The second-order valence-corrected chi connectivity index (χ2v) is 8.86. The molecule has 34 heavy (non-hydrogen) atoms. The highest BCUT2D eigenvalue weighted by atomic mass is 16.1. The monoisotopic (exact) mass is 456 g/mol. The highest BCUT2D eigenvalue weighted by molar-refractivity contribution is 6.04. The van der Waals surface area contributed by atoms with Crippen LogP contribution in [-0.4, -0.2) is 67.8 Å². The number of anilines is 2. The van der Waals surface area contributed by atoms with E-state index in [2.05, 4.69) is 49.0 Å². The summed E-state index contributed by atoms with van der Waals surface area (Å²) in [4.78, 5) is 31.0. The van der Waals surface area contributed by atoms with Crippen molar-refractivity contribution in [2.45, 2.75) is 19.9 Å². The third-order valence-corrected chi connectivity index (χ3v) is 6.22. The van der Waals surface area contributed by atoms with Crippen LogP contribution in [0, 0.1) is 0 Å². The zero-order chi connectivity index (χ0) is 23.7. The third kappa shape index (κ3) is 4.60. The summed E-state index contributed by atoms with van der Waals surface area (Å²) in [5.74, 6) is 1.09. The highest BCUT2D eigenvalue weighted by Gasteiger charge is 2.20. The summed E-state index contributed by atoms with van der Waals surface area (Å²) >= 11 is 0. The van der Waals surface area contributed by atoms with Crippen LogP contribution in [0.15, 0.2) is 55.2 Å². The van der Waals surface area contributed by atoms with Gasteiger partial charge in [0.15, 0.2) is 0 Å². The van der Waals surface area contributed by atoms with Gasteiger partial charge in [-0.05, 0) is 38.1 Å². The lowest BCUT2D eigenvalue weighted by Crippen LogP contribution is -2.49. The summed E-state index contributed by atoms with van der Waals surface area (Å²) in [5.41, 5.74) is 3.26. The molecule has 1 N–H and O–H groups in total. The predicted octanol–water partition coefficient (Wildman–Crippen LogP) is 3.21. The van der Waals surface area contributed by atoms with E-state index in [0.717, 1.165) is 54.0 Å². The molecule has 1 aliphatic heterocycles. The van der Waals surface area contributed by atoms with E-state index in [9.17, 15) is 4.79 Å². The number of hydrogen-bond donors (Lipinski definition) is 1. The van der Waals surface area contributed by atoms with Crippen molar-refractivity contribution in [3.8, 4) is 11.1 Å². The van der Waals surface area contributed by atoms with Crippen molar-refractivity contribution < 1.29 is 4.79 Å². The van der Waals surface area contributed by atoms with Crippen molar-refractivity contribution >= 4 is 28.4 Å². The molecule has 1 amide bonds. The Bertz CT molecular complexity index is 1320. The summed E-state index contributed by atoms with van der Waals surface area (Å²) < 4.78 is 1.75. The average Bonchev–Trinajstić information content (AvgIpc) is 3.30. The number of pyridine rings is 3. The molecule has 0 saturated carbocycles. The topological polar surface area (TPSA) is 92.1 Å². The van der Waals surface area contributed by atoms with Gasteiger partial charge in [-0.1, -0.05) is 0 Å². The van der Waals surface area contributed by atoms with Gasteiger partial charge in [0, 0.05) is 79.9 Å². The molecule has 9 heteroatoms. The van der Waals surface area contributed by atoms with Crippen molar-refractivity contribution in [2.75, 3.05) is 36.4 Å². The summed E-state index contributed by atoms with van der Waals surface area (Å²) in [7, 11) is 1.88. The predicted molar refractivity (Wildman–Crippen MR) is 133 cm³/mol. The fraction of sp³-hybridized carbons (Fsp3) is 0.320. The van der Waals surface area contributed by atoms with E-state index < -0.39 is 0 Å². The largest absolute Gasteiger partial charge is 0.354 e. The van der Waals surface area contributed by atoms with Gasteiger partial charge in [-0.3, -0.25) is 19.4 Å². The van der Waals surface area contributed by atoms with E-state index in [1.165, 1.54) is 0 Å². The minimum Gasteiger partial charge on any atom is -0.354 e. The fourth-order valence-corrected chi connectivity index (χ4v) is 4.22. The molecule has 0 bridgehead atoms. The number of nitrogens with zero attached hydrogens (tertiary/aromatic N) is 7. The van der Waals surface area contributed by atoms with Crippen LogP contribution in [-0.2, 0) is 7.05 Å². The molecule has 0 aromatic carbocycles. The number of nitrogens with one attached hydrogen (secondary N) is 1. The quantitative estimate of drug-likeness (QED) is 0.493. The first kappa shape index (κ1) is 22.0. The molecule has 1 saturated heterocycles. The number of carbonyl (C=O) groups excluding carboxylic acids is 1. The molecule has 0 radical (unpaired) electrons. The Morgan fingerprint density at radius 1 is 0.971 bits per heavy atom. The minimum atomic E-state index is -0.215. The van der Waals surface area contributed by atoms with Crippen LogP contribution in [0.2, 0.25) is 0 Å². The lowest BCUT2D eigenvalue weighted by molar-refractivity contribution is 0.102. The molecule has 0 atom stereocenters. The number of rotatable bonds is 5. The lowest BCUT2D eigenvalue weighted by atomic mass is 10.1. The second-order valence-electron chi connectivity index (χ2n) is 8.86. The molecule has 5 rings (SSSR count). The van der Waals surface area contributed by atoms with Crippen LogP contribution in [0.4, 0.5) is 11.6 Å². The molecular formula is C25H28N8O. The van der Waals surface area contributed by atoms with Crippen LogP contribution < -0.4 is 10.2 Å². The maximum Gasteiger partial charge on any atom is 0.257 e. The first-order chi connectivity index (χ1) is 16.5. The molecule has 174 valence electrons. The van der Waals surface area contributed by atoms with Gasteiger partial charge in [-0.15, -0.1) is 0 Å². The zero-order valence-corrected chi connectivity index (χ0v) is 19.6. The fourth-order valence-electron chi connectivity index (χ4n) is 4.22. The standard InChI is InChI=1S/C25H28N8O/c1-17(2)32-6-8-33(9-7-32)24-12-18(4-5-26-24)25(34)30-23-11-19-10-20(13-27-22(19)15-28-23)21-14-29-31(3)16-21/h4-5,10-17H,6-9H2,1-3H3,(H,28,30,34). The summed E-state index contributed by atoms with van der Waals surface area (Å²) in [6.07, 6.45) is 8.91.